The molecule has 6 heteroatoms. The first-order valence-corrected chi connectivity index (χ1v) is 7.32. The summed E-state index contributed by atoms with van der Waals surface area (Å²) < 4.78 is 18.3. The van der Waals surface area contributed by atoms with E-state index in [2.05, 4.69) is 10.6 Å². The third kappa shape index (κ3) is 3.43. The number of amides is 2. The maximum absolute atomic E-state index is 12.8. The number of hydrogen-bond donors (Lipinski definition) is 3. The number of rotatable bonds is 3. The summed E-state index contributed by atoms with van der Waals surface area (Å²) in [4.78, 5) is 11.9. The molecule has 3 rings (SSSR count). The summed E-state index contributed by atoms with van der Waals surface area (Å²) in [7, 11) is 0. The fraction of sp³-hybridized carbons (Fsp3) is 0.235. The number of ether oxygens (including phenoxy) is 1. The van der Waals surface area contributed by atoms with Gasteiger partial charge >= 0.3 is 6.03 Å². The van der Waals surface area contributed by atoms with Crippen LogP contribution in [0.4, 0.5) is 14.9 Å². The molecule has 2 amide bonds. The van der Waals surface area contributed by atoms with Gasteiger partial charge < -0.3 is 20.5 Å². The van der Waals surface area contributed by atoms with Crippen LogP contribution in [0.3, 0.4) is 0 Å². The molecular formula is C17H17FN2O3. The summed E-state index contributed by atoms with van der Waals surface area (Å²) in [5, 5.41) is 16.0. The molecule has 0 radical (unpaired) electrons. The maximum atomic E-state index is 12.8. The van der Waals surface area contributed by atoms with Gasteiger partial charge in [0.1, 0.15) is 17.2 Å². The third-order valence-corrected chi connectivity index (χ3v) is 3.81. The highest BCUT2D eigenvalue weighted by Crippen LogP contribution is 2.36. The van der Waals surface area contributed by atoms with Crippen LogP contribution in [0.2, 0.25) is 0 Å². The number of hydrogen-bond acceptors (Lipinski definition) is 3. The van der Waals surface area contributed by atoms with Crippen molar-refractivity contribution in [3.63, 3.8) is 0 Å². The molecule has 0 saturated heterocycles. The number of para-hydroxylation sites is 1. The SMILES string of the molecule is O=C(NCC1(O)CCOc2ccccc21)Nc1ccc(F)cc1. The molecule has 1 unspecified atom stereocenters. The van der Waals surface area contributed by atoms with Crippen LogP contribution in [-0.4, -0.2) is 24.3 Å². The Balaban J connectivity index is 1.64. The fourth-order valence-electron chi connectivity index (χ4n) is 2.56. The van der Waals surface area contributed by atoms with Crippen LogP contribution in [0.5, 0.6) is 5.75 Å². The highest BCUT2D eigenvalue weighted by molar-refractivity contribution is 5.89. The van der Waals surface area contributed by atoms with Crippen LogP contribution in [0, 0.1) is 5.82 Å². The van der Waals surface area contributed by atoms with E-state index in [9.17, 15) is 14.3 Å². The molecule has 0 spiro atoms. The molecule has 1 aliphatic heterocycles. The summed E-state index contributed by atoms with van der Waals surface area (Å²) in [6.07, 6.45) is 0.390. The monoisotopic (exact) mass is 316 g/mol. The Kier molecular flexibility index (Phi) is 4.16. The molecule has 0 bridgehead atoms. The van der Waals surface area contributed by atoms with Crippen LogP contribution < -0.4 is 15.4 Å². The van der Waals surface area contributed by atoms with Gasteiger partial charge in [0, 0.05) is 17.7 Å². The molecule has 120 valence electrons. The van der Waals surface area contributed by atoms with Gasteiger partial charge in [0.2, 0.25) is 0 Å². The molecule has 5 nitrogen and oxygen atoms in total. The number of carbonyl (C=O) groups is 1. The smallest absolute Gasteiger partial charge is 0.319 e. The van der Waals surface area contributed by atoms with Gasteiger partial charge in [-0.15, -0.1) is 0 Å². The molecule has 2 aromatic rings. The van der Waals surface area contributed by atoms with Crippen molar-refractivity contribution in [3.05, 3.63) is 59.9 Å². The summed E-state index contributed by atoms with van der Waals surface area (Å²) >= 11 is 0. The zero-order chi connectivity index (χ0) is 16.3. The number of aliphatic hydroxyl groups is 1. The Labute approximate surface area is 133 Å². The van der Waals surface area contributed by atoms with E-state index < -0.39 is 11.6 Å². The van der Waals surface area contributed by atoms with E-state index >= 15 is 0 Å². The van der Waals surface area contributed by atoms with Crippen LogP contribution in [0.1, 0.15) is 12.0 Å². The maximum Gasteiger partial charge on any atom is 0.319 e. The van der Waals surface area contributed by atoms with Crippen molar-refractivity contribution in [3.8, 4) is 5.75 Å². The topological polar surface area (TPSA) is 70.6 Å². The minimum absolute atomic E-state index is 0.0560. The first kappa shape index (κ1) is 15.3. The lowest BCUT2D eigenvalue weighted by atomic mass is 9.88. The second kappa shape index (κ2) is 6.26. The Morgan fingerprint density at radius 1 is 1.22 bits per heavy atom. The average Bonchev–Trinajstić information content (AvgIpc) is 2.56. The predicted molar refractivity (Wildman–Crippen MR) is 83.9 cm³/mol. The largest absolute Gasteiger partial charge is 0.493 e. The number of benzene rings is 2. The highest BCUT2D eigenvalue weighted by atomic mass is 19.1. The second-order valence-corrected chi connectivity index (χ2v) is 5.44. The number of anilines is 1. The first-order chi connectivity index (χ1) is 11.1. The number of carbonyl (C=O) groups excluding carboxylic acids is 1. The lowest BCUT2D eigenvalue weighted by Crippen LogP contribution is -2.45. The van der Waals surface area contributed by atoms with Crippen molar-refractivity contribution < 1.29 is 19.0 Å². The Morgan fingerprint density at radius 3 is 2.74 bits per heavy atom. The van der Waals surface area contributed by atoms with Crippen molar-refractivity contribution >= 4 is 11.7 Å². The Hall–Kier alpha value is -2.60. The Morgan fingerprint density at radius 2 is 1.96 bits per heavy atom. The standard InChI is InChI=1S/C17H17FN2O3/c18-12-5-7-13(8-6-12)20-16(21)19-11-17(22)9-10-23-15-4-2-1-3-14(15)17/h1-8,22H,9-11H2,(H2,19,20,21). The van der Waals surface area contributed by atoms with Gasteiger partial charge in [0.05, 0.1) is 13.2 Å². The highest BCUT2D eigenvalue weighted by Gasteiger charge is 2.35. The molecule has 0 aliphatic carbocycles. The minimum atomic E-state index is -1.17. The summed E-state index contributed by atoms with van der Waals surface area (Å²) in [5.41, 5.74) is -0.0359. The second-order valence-electron chi connectivity index (χ2n) is 5.44. The van der Waals surface area contributed by atoms with Crippen LogP contribution in [-0.2, 0) is 5.60 Å². The minimum Gasteiger partial charge on any atom is -0.493 e. The zero-order valence-electron chi connectivity index (χ0n) is 12.4. The quantitative estimate of drug-likeness (QED) is 0.815. The van der Waals surface area contributed by atoms with Gasteiger partial charge in [-0.2, -0.15) is 0 Å². The van der Waals surface area contributed by atoms with Crippen molar-refractivity contribution in [2.75, 3.05) is 18.5 Å². The number of nitrogens with one attached hydrogen (secondary N) is 2. The normalized spacial score (nSPS) is 19.4. The van der Waals surface area contributed by atoms with E-state index in [4.69, 9.17) is 4.74 Å². The van der Waals surface area contributed by atoms with Crippen LogP contribution in [0.15, 0.2) is 48.5 Å². The molecule has 2 aromatic carbocycles. The molecule has 0 fully saturated rings. The summed E-state index contributed by atoms with van der Waals surface area (Å²) in [6, 6.07) is 12.2. The molecule has 0 aromatic heterocycles. The predicted octanol–water partition coefficient (Wildman–Crippen LogP) is 2.62. The first-order valence-electron chi connectivity index (χ1n) is 7.32. The lowest BCUT2D eigenvalue weighted by molar-refractivity contribution is 0.000398. The Bertz CT molecular complexity index is 705. The van der Waals surface area contributed by atoms with Crippen LogP contribution >= 0.6 is 0 Å². The average molecular weight is 316 g/mol. The summed E-state index contributed by atoms with van der Waals surface area (Å²) in [6.45, 7) is 0.440. The molecule has 1 atom stereocenters. The van der Waals surface area contributed by atoms with Gasteiger partial charge in [0.15, 0.2) is 0 Å². The van der Waals surface area contributed by atoms with Crippen molar-refractivity contribution in [2.24, 2.45) is 0 Å². The van der Waals surface area contributed by atoms with Gasteiger partial charge in [-0.3, -0.25) is 0 Å². The van der Waals surface area contributed by atoms with Gasteiger partial charge in [0.25, 0.3) is 0 Å². The number of urea groups is 1. The lowest BCUT2D eigenvalue weighted by Gasteiger charge is -2.34. The number of halogens is 1. The van der Waals surface area contributed by atoms with E-state index in [0.29, 0.717) is 30.0 Å². The summed E-state index contributed by atoms with van der Waals surface area (Å²) in [5.74, 6) is 0.256. The van der Waals surface area contributed by atoms with Gasteiger partial charge in [-0.05, 0) is 30.3 Å². The van der Waals surface area contributed by atoms with E-state index in [0.717, 1.165) is 0 Å². The van der Waals surface area contributed by atoms with Crippen molar-refractivity contribution in [1.29, 1.82) is 0 Å². The van der Waals surface area contributed by atoms with E-state index in [1.807, 2.05) is 12.1 Å². The molecule has 3 N–H and O–H groups in total. The van der Waals surface area contributed by atoms with Gasteiger partial charge in [-0.25, -0.2) is 9.18 Å². The van der Waals surface area contributed by atoms with Gasteiger partial charge in [-0.1, -0.05) is 18.2 Å². The molecule has 23 heavy (non-hydrogen) atoms. The molecule has 1 aliphatic rings. The molecule has 1 heterocycles. The van der Waals surface area contributed by atoms with E-state index in [1.54, 1.807) is 12.1 Å². The zero-order valence-corrected chi connectivity index (χ0v) is 12.4. The molecule has 0 saturated carbocycles. The molecular weight excluding hydrogens is 299 g/mol. The number of fused-ring (bicyclic) bond motifs is 1. The van der Waals surface area contributed by atoms with Crippen molar-refractivity contribution in [2.45, 2.75) is 12.0 Å². The van der Waals surface area contributed by atoms with Crippen LogP contribution in [0.25, 0.3) is 0 Å². The van der Waals surface area contributed by atoms with E-state index in [1.165, 1.54) is 24.3 Å². The van der Waals surface area contributed by atoms with E-state index in [-0.39, 0.29) is 12.4 Å². The third-order valence-electron chi connectivity index (χ3n) is 3.81. The fourth-order valence-corrected chi connectivity index (χ4v) is 2.56. The van der Waals surface area contributed by atoms with Crippen molar-refractivity contribution in [1.82, 2.24) is 5.32 Å².